The van der Waals surface area contributed by atoms with Gasteiger partial charge in [0.05, 0.1) is 29.5 Å². The van der Waals surface area contributed by atoms with Crippen LogP contribution in [0.15, 0.2) is 18.3 Å². The van der Waals surface area contributed by atoms with E-state index in [1.165, 1.54) is 12.0 Å². The van der Waals surface area contributed by atoms with Crippen molar-refractivity contribution in [2.24, 2.45) is 11.8 Å². The summed E-state index contributed by atoms with van der Waals surface area (Å²) < 4.78 is 1.84. The highest BCUT2D eigenvalue weighted by Gasteiger charge is 2.45. The topological polar surface area (TPSA) is 91.7 Å². The molecular weight excluding hydrogens is 402 g/mol. The number of nitrogens with one attached hydrogen (secondary N) is 2. The fourth-order valence-corrected chi connectivity index (χ4v) is 5.38. The molecule has 1 amide bonds. The number of carbonyl (C=O) groups is 1. The molecule has 0 radical (unpaired) electrons. The van der Waals surface area contributed by atoms with Gasteiger partial charge in [0.15, 0.2) is 0 Å². The molecule has 8 nitrogen and oxygen atoms in total. The lowest BCUT2D eigenvalue weighted by molar-refractivity contribution is 0.0935. The molecule has 3 atom stereocenters. The molecule has 8 heteroatoms. The zero-order valence-corrected chi connectivity index (χ0v) is 18.9. The van der Waals surface area contributed by atoms with Crippen LogP contribution in [0.3, 0.4) is 0 Å². The largest absolute Gasteiger partial charge is 0.356 e. The Morgan fingerprint density at radius 2 is 2.00 bits per heavy atom. The predicted octanol–water partition coefficient (Wildman–Crippen LogP) is 2.85. The Bertz CT molecular complexity index is 1200. The van der Waals surface area contributed by atoms with Crippen molar-refractivity contribution in [1.82, 2.24) is 30.3 Å². The number of nitrogens with zero attached hydrogens (tertiary/aromatic N) is 5. The van der Waals surface area contributed by atoms with Crippen molar-refractivity contribution < 1.29 is 4.79 Å². The van der Waals surface area contributed by atoms with Gasteiger partial charge in [-0.2, -0.15) is 10.2 Å². The average molecular weight is 432 g/mol. The maximum Gasteiger partial charge on any atom is 0.255 e. The first-order valence-corrected chi connectivity index (χ1v) is 11.6. The first-order valence-electron chi connectivity index (χ1n) is 11.6. The van der Waals surface area contributed by atoms with Crippen molar-refractivity contribution in [3.8, 4) is 0 Å². The van der Waals surface area contributed by atoms with Crippen LogP contribution in [0.1, 0.15) is 63.1 Å². The van der Waals surface area contributed by atoms with E-state index in [2.05, 4.69) is 44.6 Å². The van der Waals surface area contributed by atoms with Crippen LogP contribution in [0.4, 0.5) is 5.82 Å². The zero-order valence-electron chi connectivity index (χ0n) is 18.9. The number of pyridine rings is 1. The lowest BCUT2D eigenvalue weighted by Crippen LogP contribution is -2.27. The number of amides is 1. The third-order valence-electron chi connectivity index (χ3n) is 7.43. The smallest absolute Gasteiger partial charge is 0.255 e. The quantitative estimate of drug-likeness (QED) is 0.648. The fourth-order valence-electron chi connectivity index (χ4n) is 5.38. The summed E-state index contributed by atoms with van der Waals surface area (Å²) in [4.78, 5) is 20.2. The summed E-state index contributed by atoms with van der Waals surface area (Å²) >= 11 is 0. The van der Waals surface area contributed by atoms with E-state index in [9.17, 15) is 4.79 Å². The molecule has 0 aromatic carbocycles. The summed E-state index contributed by atoms with van der Waals surface area (Å²) in [5.41, 5.74) is 6.80. The van der Waals surface area contributed by atoms with Crippen molar-refractivity contribution >= 4 is 11.7 Å². The third-order valence-corrected chi connectivity index (χ3v) is 7.43. The average Bonchev–Trinajstić information content (AvgIpc) is 3.17. The molecule has 3 aliphatic rings. The summed E-state index contributed by atoms with van der Waals surface area (Å²) in [6, 6.07) is 4.24. The van der Waals surface area contributed by atoms with Gasteiger partial charge in [-0.25, -0.2) is 4.98 Å². The second kappa shape index (κ2) is 7.18. The van der Waals surface area contributed by atoms with Crippen LogP contribution in [0, 0.1) is 32.6 Å². The van der Waals surface area contributed by atoms with Crippen molar-refractivity contribution in [1.29, 1.82) is 0 Å². The Morgan fingerprint density at radius 1 is 1.19 bits per heavy atom. The van der Waals surface area contributed by atoms with E-state index in [-0.39, 0.29) is 11.9 Å². The maximum absolute atomic E-state index is 13.0. The molecule has 1 saturated heterocycles. The Balaban J connectivity index is 1.15. The maximum atomic E-state index is 13.0. The second-order valence-electron chi connectivity index (χ2n) is 9.68. The lowest BCUT2D eigenvalue weighted by Gasteiger charge is -2.20. The molecule has 3 unspecified atom stereocenters. The van der Waals surface area contributed by atoms with Crippen LogP contribution in [0.2, 0.25) is 0 Å². The minimum Gasteiger partial charge on any atom is -0.356 e. The molecular formula is C24H29N7O. The van der Waals surface area contributed by atoms with Crippen LogP contribution < -0.4 is 10.2 Å². The van der Waals surface area contributed by atoms with Crippen LogP contribution in [-0.4, -0.2) is 44.0 Å². The van der Waals surface area contributed by atoms with E-state index in [0.717, 1.165) is 71.9 Å². The number of H-pyrrole nitrogens is 1. The van der Waals surface area contributed by atoms with Gasteiger partial charge in [0.1, 0.15) is 5.82 Å². The molecule has 3 aromatic heterocycles. The standard InChI is InChI=1S/C24H29N7O/c1-13-16(4-7-22(25-13)30-9-17-8-18(17)10-30)11-31-12-20(15(3)29-31)24(32)26-21-6-5-19-14(2)27-28-23(19)21/h4,7,12,17-18,21H,5-6,8-11H2,1-3H3,(H,26,32)(H,27,28). The Kier molecular flexibility index (Phi) is 4.38. The highest BCUT2D eigenvalue weighted by atomic mass is 16.1. The van der Waals surface area contributed by atoms with E-state index in [4.69, 9.17) is 4.98 Å². The molecule has 0 spiro atoms. The normalized spacial score (nSPS) is 23.3. The number of anilines is 1. The van der Waals surface area contributed by atoms with Gasteiger partial charge in [-0.05, 0) is 69.1 Å². The first-order chi connectivity index (χ1) is 15.5. The summed E-state index contributed by atoms with van der Waals surface area (Å²) in [5.74, 6) is 2.77. The van der Waals surface area contributed by atoms with Crippen molar-refractivity contribution in [2.45, 2.75) is 52.6 Å². The number of aromatic nitrogens is 5. The molecule has 6 rings (SSSR count). The van der Waals surface area contributed by atoms with Gasteiger partial charge in [0.2, 0.25) is 0 Å². The molecule has 32 heavy (non-hydrogen) atoms. The molecule has 1 aliphatic heterocycles. The number of aryl methyl sites for hydroxylation is 3. The molecule has 1 saturated carbocycles. The highest BCUT2D eigenvalue weighted by Crippen LogP contribution is 2.46. The van der Waals surface area contributed by atoms with Gasteiger partial charge < -0.3 is 10.2 Å². The van der Waals surface area contributed by atoms with Crippen molar-refractivity contribution in [3.63, 3.8) is 0 Å². The summed E-state index contributed by atoms with van der Waals surface area (Å²) in [5, 5.41) is 15.2. The van der Waals surface area contributed by atoms with Crippen molar-refractivity contribution in [2.75, 3.05) is 18.0 Å². The fraction of sp³-hybridized carbons (Fsp3) is 0.500. The van der Waals surface area contributed by atoms with Crippen LogP contribution in [0.5, 0.6) is 0 Å². The monoisotopic (exact) mass is 431 g/mol. The Labute approximate surface area is 187 Å². The van der Waals surface area contributed by atoms with Gasteiger partial charge >= 0.3 is 0 Å². The van der Waals surface area contributed by atoms with Gasteiger partial charge in [0.25, 0.3) is 5.91 Å². The Morgan fingerprint density at radius 3 is 2.78 bits per heavy atom. The zero-order chi connectivity index (χ0) is 22.0. The molecule has 2 N–H and O–H groups in total. The van der Waals surface area contributed by atoms with E-state index in [0.29, 0.717) is 12.1 Å². The van der Waals surface area contributed by atoms with E-state index in [1.807, 2.05) is 24.7 Å². The van der Waals surface area contributed by atoms with Crippen molar-refractivity contribution in [3.05, 3.63) is 57.8 Å². The minimum absolute atomic E-state index is 0.0409. The minimum atomic E-state index is -0.0925. The third kappa shape index (κ3) is 3.29. The molecule has 166 valence electrons. The molecule has 3 aromatic rings. The van der Waals surface area contributed by atoms with Crippen LogP contribution in [0.25, 0.3) is 0 Å². The number of fused-ring (bicyclic) bond motifs is 2. The summed E-state index contributed by atoms with van der Waals surface area (Å²) in [7, 11) is 0. The highest BCUT2D eigenvalue weighted by molar-refractivity contribution is 5.95. The second-order valence-corrected chi connectivity index (χ2v) is 9.68. The number of rotatable bonds is 5. The molecule has 0 bridgehead atoms. The van der Waals surface area contributed by atoms with Gasteiger partial charge in [0, 0.05) is 30.7 Å². The molecule has 2 fully saturated rings. The molecule has 4 heterocycles. The predicted molar refractivity (Wildman–Crippen MR) is 121 cm³/mol. The van der Waals surface area contributed by atoms with Crippen LogP contribution >= 0.6 is 0 Å². The molecule has 2 aliphatic carbocycles. The van der Waals surface area contributed by atoms with Gasteiger partial charge in [-0.3, -0.25) is 14.6 Å². The number of piperidine rings is 1. The summed E-state index contributed by atoms with van der Waals surface area (Å²) in [6.45, 7) is 8.87. The number of aromatic amines is 1. The summed E-state index contributed by atoms with van der Waals surface area (Å²) in [6.07, 6.45) is 5.08. The van der Waals surface area contributed by atoms with E-state index >= 15 is 0 Å². The van der Waals surface area contributed by atoms with Gasteiger partial charge in [-0.15, -0.1) is 0 Å². The number of carbonyl (C=O) groups excluding carboxylic acids is 1. The van der Waals surface area contributed by atoms with E-state index < -0.39 is 0 Å². The van der Waals surface area contributed by atoms with Gasteiger partial charge in [-0.1, -0.05) is 6.07 Å². The number of hydrogen-bond acceptors (Lipinski definition) is 5. The first kappa shape index (κ1) is 19.5. The number of hydrogen-bond donors (Lipinski definition) is 2. The lowest BCUT2D eigenvalue weighted by atomic mass is 10.2. The Hall–Kier alpha value is -3.16. The van der Waals surface area contributed by atoms with E-state index in [1.54, 1.807) is 0 Å². The SMILES string of the molecule is Cc1nc(N2CC3CC3C2)ccc1Cn1cc(C(=O)NC2CCc3c2n[nH]c3C)c(C)n1. The van der Waals surface area contributed by atoms with Crippen LogP contribution in [-0.2, 0) is 13.0 Å².